The molecule has 1 fully saturated rings. The minimum Gasteiger partial charge on any atom is -0.383 e. The van der Waals surface area contributed by atoms with Gasteiger partial charge in [0, 0.05) is 11.4 Å². The average molecular weight is 394 g/mol. The smallest absolute Gasteiger partial charge is 0.241 e. The van der Waals surface area contributed by atoms with Crippen LogP contribution in [0.5, 0.6) is 0 Å². The van der Waals surface area contributed by atoms with Crippen molar-refractivity contribution in [1.29, 1.82) is 0 Å². The summed E-state index contributed by atoms with van der Waals surface area (Å²) in [5.74, 6) is 0.118. The molecular formula is C20H27NO3S2. The summed E-state index contributed by atoms with van der Waals surface area (Å²) in [6, 6.07) is 3.77. The molecular weight excluding hydrogens is 366 g/mol. The molecule has 0 spiro atoms. The van der Waals surface area contributed by atoms with Crippen molar-refractivity contribution in [2.45, 2.75) is 58.0 Å². The van der Waals surface area contributed by atoms with Gasteiger partial charge < -0.3 is 5.11 Å². The Balaban J connectivity index is 1.96. The van der Waals surface area contributed by atoms with Crippen LogP contribution in [-0.2, 0) is 15.6 Å². The maximum atomic E-state index is 13.1. The molecule has 4 nitrogen and oxygen atoms in total. The van der Waals surface area contributed by atoms with Crippen molar-refractivity contribution in [3.63, 3.8) is 0 Å². The monoisotopic (exact) mass is 393 g/mol. The van der Waals surface area contributed by atoms with E-state index in [4.69, 9.17) is 0 Å². The van der Waals surface area contributed by atoms with Crippen LogP contribution >= 0.6 is 11.3 Å². The zero-order valence-electron chi connectivity index (χ0n) is 16.0. The summed E-state index contributed by atoms with van der Waals surface area (Å²) in [5, 5.41) is 13.1. The Kier molecular flexibility index (Phi) is 5.07. The van der Waals surface area contributed by atoms with E-state index in [9.17, 15) is 13.5 Å². The fraction of sp³-hybridized carbons (Fsp3) is 0.500. The number of aliphatic hydroxyl groups is 1. The van der Waals surface area contributed by atoms with Crippen LogP contribution in [0.15, 0.2) is 22.4 Å². The van der Waals surface area contributed by atoms with Crippen molar-refractivity contribution < 1.29 is 13.5 Å². The molecule has 0 radical (unpaired) electrons. The van der Waals surface area contributed by atoms with E-state index in [1.807, 2.05) is 52.1 Å². The van der Waals surface area contributed by atoms with E-state index >= 15 is 0 Å². The minimum absolute atomic E-state index is 0.00532. The van der Waals surface area contributed by atoms with E-state index in [2.05, 4.69) is 4.72 Å². The number of hydrogen-bond donors (Lipinski definition) is 2. The second-order valence-corrected chi connectivity index (χ2v) is 10.1. The summed E-state index contributed by atoms with van der Waals surface area (Å²) in [6.45, 7) is 9.67. The first-order valence-electron chi connectivity index (χ1n) is 8.92. The standard InChI is InChI=1S/C20H27NO3S2/c1-12-13(2)15(4)19(16(5)14(12)3)26(23,24)21-11-20(22,17-8-9-17)18-7-6-10-25-18/h6-7,10,17,21-22H,8-9,11H2,1-5H3. The van der Waals surface area contributed by atoms with Gasteiger partial charge in [0.2, 0.25) is 10.0 Å². The quantitative estimate of drug-likeness (QED) is 0.783. The van der Waals surface area contributed by atoms with Crippen molar-refractivity contribution in [2.24, 2.45) is 5.92 Å². The number of sulfonamides is 1. The third-order valence-corrected chi connectivity index (χ3v) is 8.64. The van der Waals surface area contributed by atoms with Crippen LogP contribution in [0.1, 0.15) is 45.5 Å². The Morgan fingerprint density at radius 3 is 2.08 bits per heavy atom. The number of thiophene rings is 1. The topological polar surface area (TPSA) is 66.4 Å². The predicted molar refractivity (Wildman–Crippen MR) is 106 cm³/mol. The van der Waals surface area contributed by atoms with E-state index in [0.717, 1.165) is 45.5 Å². The summed E-state index contributed by atoms with van der Waals surface area (Å²) in [6.07, 6.45) is 1.86. The Morgan fingerprint density at radius 1 is 1.08 bits per heavy atom. The second-order valence-electron chi connectivity index (χ2n) is 7.45. The Morgan fingerprint density at radius 2 is 1.62 bits per heavy atom. The van der Waals surface area contributed by atoms with Gasteiger partial charge in [0.15, 0.2) is 0 Å². The summed E-state index contributed by atoms with van der Waals surface area (Å²) in [4.78, 5) is 1.18. The summed E-state index contributed by atoms with van der Waals surface area (Å²) in [7, 11) is -3.72. The molecule has 1 aliphatic carbocycles. The molecule has 1 atom stereocenters. The van der Waals surface area contributed by atoms with E-state index in [-0.39, 0.29) is 12.5 Å². The molecule has 2 aromatic rings. The molecule has 0 bridgehead atoms. The maximum absolute atomic E-state index is 13.1. The number of hydrogen-bond acceptors (Lipinski definition) is 4. The third kappa shape index (κ3) is 3.24. The lowest BCUT2D eigenvalue weighted by Crippen LogP contribution is -2.42. The van der Waals surface area contributed by atoms with Crippen molar-refractivity contribution in [1.82, 2.24) is 4.72 Å². The molecule has 142 valence electrons. The molecule has 6 heteroatoms. The van der Waals surface area contributed by atoms with Crippen molar-refractivity contribution in [3.8, 4) is 0 Å². The average Bonchev–Trinajstić information content (AvgIpc) is 3.31. The molecule has 1 heterocycles. The molecule has 0 aliphatic heterocycles. The molecule has 1 saturated carbocycles. The number of benzene rings is 1. The maximum Gasteiger partial charge on any atom is 0.241 e. The predicted octanol–water partition coefficient (Wildman–Crippen LogP) is 3.87. The van der Waals surface area contributed by atoms with Crippen molar-refractivity contribution in [2.75, 3.05) is 6.54 Å². The van der Waals surface area contributed by atoms with Gasteiger partial charge in [-0.15, -0.1) is 11.3 Å². The normalized spacial score (nSPS) is 17.3. The molecule has 2 N–H and O–H groups in total. The van der Waals surface area contributed by atoms with Gasteiger partial charge in [-0.2, -0.15) is 0 Å². The van der Waals surface area contributed by atoms with Gasteiger partial charge in [0.05, 0.1) is 4.90 Å². The Labute approximate surface area is 160 Å². The highest BCUT2D eigenvalue weighted by atomic mass is 32.2. The van der Waals surface area contributed by atoms with Crippen LogP contribution in [0, 0.1) is 40.5 Å². The lowest BCUT2D eigenvalue weighted by molar-refractivity contribution is 0.0222. The Bertz CT molecular complexity index is 899. The highest BCUT2D eigenvalue weighted by Crippen LogP contribution is 2.47. The van der Waals surface area contributed by atoms with Gasteiger partial charge in [-0.3, -0.25) is 0 Å². The molecule has 0 amide bonds. The van der Waals surface area contributed by atoms with Crippen molar-refractivity contribution >= 4 is 21.4 Å². The van der Waals surface area contributed by atoms with Crippen LogP contribution in [0.3, 0.4) is 0 Å². The van der Waals surface area contributed by atoms with Crippen LogP contribution in [0.25, 0.3) is 0 Å². The summed E-state index contributed by atoms with van der Waals surface area (Å²) >= 11 is 1.47. The zero-order chi connectivity index (χ0) is 19.3. The highest BCUT2D eigenvalue weighted by Gasteiger charge is 2.46. The molecule has 1 unspecified atom stereocenters. The first kappa shape index (κ1) is 19.5. The molecule has 3 rings (SSSR count). The fourth-order valence-corrected chi connectivity index (χ4v) is 6.23. The van der Waals surface area contributed by atoms with Gasteiger partial charge in [-0.05, 0) is 92.6 Å². The SMILES string of the molecule is Cc1c(C)c(C)c(S(=O)(=O)NCC(O)(c2cccs2)C2CC2)c(C)c1C. The molecule has 1 aromatic heterocycles. The van der Waals surface area contributed by atoms with Crippen LogP contribution in [0.4, 0.5) is 0 Å². The second kappa shape index (κ2) is 6.75. The van der Waals surface area contributed by atoms with E-state index in [0.29, 0.717) is 4.90 Å². The number of rotatable bonds is 6. The third-order valence-electron chi connectivity index (χ3n) is 5.93. The molecule has 1 aromatic carbocycles. The van der Waals surface area contributed by atoms with Gasteiger partial charge in [-0.1, -0.05) is 6.07 Å². The van der Waals surface area contributed by atoms with Crippen LogP contribution < -0.4 is 4.72 Å². The Hall–Kier alpha value is -1.21. The van der Waals surface area contributed by atoms with Crippen molar-refractivity contribution in [3.05, 3.63) is 50.2 Å². The summed E-state index contributed by atoms with van der Waals surface area (Å²) in [5.41, 5.74) is 3.58. The first-order chi connectivity index (χ1) is 12.1. The van der Waals surface area contributed by atoms with E-state index in [1.54, 1.807) is 0 Å². The molecule has 1 aliphatic rings. The van der Waals surface area contributed by atoms with Gasteiger partial charge in [0.25, 0.3) is 0 Å². The van der Waals surface area contributed by atoms with Gasteiger partial charge in [-0.25, -0.2) is 13.1 Å². The van der Waals surface area contributed by atoms with Gasteiger partial charge in [0.1, 0.15) is 5.60 Å². The van der Waals surface area contributed by atoms with Gasteiger partial charge >= 0.3 is 0 Å². The summed E-state index contributed by atoms with van der Waals surface area (Å²) < 4.78 is 29.0. The highest BCUT2D eigenvalue weighted by molar-refractivity contribution is 7.89. The number of nitrogens with one attached hydrogen (secondary N) is 1. The van der Waals surface area contributed by atoms with Crippen LogP contribution in [0.2, 0.25) is 0 Å². The molecule has 0 saturated heterocycles. The lowest BCUT2D eigenvalue weighted by Gasteiger charge is -2.28. The van der Waals surface area contributed by atoms with Crippen LogP contribution in [-0.4, -0.2) is 20.1 Å². The lowest BCUT2D eigenvalue weighted by atomic mass is 9.95. The minimum atomic E-state index is -3.72. The van der Waals surface area contributed by atoms with E-state index in [1.165, 1.54) is 11.3 Å². The first-order valence-corrected chi connectivity index (χ1v) is 11.3. The fourth-order valence-electron chi connectivity index (χ4n) is 3.66. The zero-order valence-corrected chi connectivity index (χ0v) is 17.6. The molecule has 26 heavy (non-hydrogen) atoms. The largest absolute Gasteiger partial charge is 0.383 e. The van der Waals surface area contributed by atoms with E-state index < -0.39 is 15.6 Å².